The summed E-state index contributed by atoms with van der Waals surface area (Å²) in [5, 5.41) is 6.50. The maximum atomic E-state index is 12.6. The van der Waals surface area contributed by atoms with Gasteiger partial charge in [-0.25, -0.2) is 4.79 Å². The Morgan fingerprint density at radius 3 is 2.23 bits per heavy atom. The summed E-state index contributed by atoms with van der Waals surface area (Å²) in [5.74, 6) is -0.941. The molecule has 148 valence electrons. The molecule has 4 rings (SSSR count). The molecule has 3 aromatic carbocycles. The third-order valence-electron chi connectivity index (χ3n) is 4.35. The van der Waals surface area contributed by atoms with Crippen molar-refractivity contribution in [2.75, 3.05) is 10.6 Å². The number of carbonyl (C=O) groups excluding carboxylic acids is 2. The van der Waals surface area contributed by atoms with E-state index >= 15 is 0 Å². The van der Waals surface area contributed by atoms with Crippen LogP contribution < -0.4 is 16.3 Å². The highest BCUT2D eigenvalue weighted by Crippen LogP contribution is 2.19. The minimum Gasteiger partial charge on any atom is -0.422 e. The lowest BCUT2D eigenvalue weighted by atomic mass is 10.1. The molecule has 4 aromatic rings. The highest BCUT2D eigenvalue weighted by Gasteiger charge is 2.14. The van der Waals surface area contributed by atoms with Gasteiger partial charge >= 0.3 is 5.63 Å². The number of carbonyl (C=O) groups is 2. The van der Waals surface area contributed by atoms with Crippen molar-refractivity contribution >= 4 is 45.8 Å². The highest BCUT2D eigenvalue weighted by atomic mass is 35.5. The van der Waals surface area contributed by atoms with Gasteiger partial charge in [-0.3, -0.25) is 9.59 Å². The normalized spacial score (nSPS) is 10.6. The molecule has 0 aliphatic heterocycles. The molecule has 1 aromatic heterocycles. The third-order valence-corrected chi connectivity index (χ3v) is 4.59. The Bertz CT molecular complexity index is 1330. The van der Waals surface area contributed by atoms with Crippen molar-refractivity contribution in [3.63, 3.8) is 0 Å². The van der Waals surface area contributed by atoms with E-state index in [1.165, 1.54) is 6.07 Å². The Balaban J connectivity index is 1.53. The summed E-state index contributed by atoms with van der Waals surface area (Å²) in [6.07, 6.45) is 0. The molecule has 0 bridgehead atoms. The van der Waals surface area contributed by atoms with Gasteiger partial charge in [-0.1, -0.05) is 41.9 Å². The van der Waals surface area contributed by atoms with Gasteiger partial charge in [-0.2, -0.15) is 0 Å². The Morgan fingerprint density at radius 1 is 0.767 bits per heavy atom. The third kappa shape index (κ3) is 4.24. The number of hydrogen-bond donors (Lipinski definition) is 2. The molecule has 30 heavy (non-hydrogen) atoms. The molecule has 0 aliphatic rings. The molecule has 0 radical (unpaired) electrons. The fraction of sp³-hybridized carbons (Fsp3) is 0. The molecule has 2 N–H and O–H groups in total. The van der Waals surface area contributed by atoms with Crippen LogP contribution in [0.15, 0.2) is 88.1 Å². The van der Waals surface area contributed by atoms with Crippen LogP contribution in [0.2, 0.25) is 5.02 Å². The van der Waals surface area contributed by atoms with Gasteiger partial charge in [0.25, 0.3) is 11.8 Å². The van der Waals surface area contributed by atoms with Crippen LogP contribution in [0.4, 0.5) is 11.4 Å². The van der Waals surface area contributed by atoms with E-state index in [1.807, 2.05) is 0 Å². The largest absolute Gasteiger partial charge is 0.422 e. The molecule has 0 fully saturated rings. The van der Waals surface area contributed by atoms with Crippen LogP contribution in [0.5, 0.6) is 0 Å². The van der Waals surface area contributed by atoms with E-state index < -0.39 is 11.5 Å². The lowest BCUT2D eigenvalue weighted by molar-refractivity contribution is 0.101. The first kappa shape index (κ1) is 19.4. The number of amides is 2. The molecule has 0 saturated heterocycles. The Morgan fingerprint density at radius 2 is 1.47 bits per heavy atom. The Labute approximate surface area is 176 Å². The Kier molecular flexibility index (Phi) is 5.32. The van der Waals surface area contributed by atoms with E-state index in [1.54, 1.807) is 72.8 Å². The van der Waals surface area contributed by atoms with Gasteiger partial charge in [0.05, 0.1) is 0 Å². The second kappa shape index (κ2) is 8.23. The molecule has 0 atom stereocenters. The maximum Gasteiger partial charge on any atom is 0.349 e. The molecular formula is C23H15ClN2O4. The minimum absolute atomic E-state index is 0.109. The molecule has 2 amide bonds. The highest BCUT2D eigenvalue weighted by molar-refractivity contribution is 6.31. The average Bonchev–Trinajstić information content (AvgIpc) is 2.73. The lowest BCUT2D eigenvalue weighted by Crippen LogP contribution is -2.20. The predicted molar refractivity (Wildman–Crippen MR) is 116 cm³/mol. The Hall–Kier alpha value is -3.90. The van der Waals surface area contributed by atoms with Gasteiger partial charge in [0.15, 0.2) is 0 Å². The number of halogens is 1. The number of rotatable bonds is 4. The molecule has 0 aliphatic carbocycles. The average molecular weight is 419 g/mol. The van der Waals surface area contributed by atoms with Gasteiger partial charge in [0, 0.05) is 27.3 Å². The van der Waals surface area contributed by atoms with E-state index in [0.29, 0.717) is 32.9 Å². The van der Waals surface area contributed by atoms with Crippen molar-refractivity contribution < 1.29 is 14.0 Å². The first-order valence-corrected chi connectivity index (χ1v) is 9.39. The monoisotopic (exact) mass is 418 g/mol. The SMILES string of the molecule is O=C(Nc1cccc(NC(=O)c2cc3ccccc3oc2=O)c1)c1cccc(Cl)c1. The van der Waals surface area contributed by atoms with E-state index in [2.05, 4.69) is 10.6 Å². The van der Waals surface area contributed by atoms with Crippen molar-refractivity contribution in [1.29, 1.82) is 0 Å². The summed E-state index contributed by atoms with van der Waals surface area (Å²) < 4.78 is 5.20. The van der Waals surface area contributed by atoms with E-state index in [-0.39, 0.29) is 11.5 Å². The minimum atomic E-state index is -0.725. The number of anilines is 2. The molecule has 7 heteroatoms. The summed E-state index contributed by atoms with van der Waals surface area (Å²) in [5.41, 5.74) is 0.869. The number of benzene rings is 3. The van der Waals surface area contributed by atoms with Crippen LogP contribution in [0, 0.1) is 0 Å². The van der Waals surface area contributed by atoms with Gasteiger partial charge < -0.3 is 15.1 Å². The molecule has 6 nitrogen and oxygen atoms in total. The van der Waals surface area contributed by atoms with Gasteiger partial charge in [-0.05, 0) is 48.5 Å². The lowest BCUT2D eigenvalue weighted by Gasteiger charge is -2.09. The van der Waals surface area contributed by atoms with Crippen LogP contribution >= 0.6 is 11.6 Å². The van der Waals surface area contributed by atoms with E-state index in [9.17, 15) is 14.4 Å². The summed E-state index contributed by atoms with van der Waals surface area (Å²) in [4.78, 5) is 37.1. The van der Waals surface area contributed by atoms with Crippen LogP contribution in [0.3, 0.4) is 0 Å². The first-order chi connectivity index (χ1) is 14.5. The molecule has 0 saturated carbocycles. The number of nitrogens with one attached hydrogen (secondary N) is 2. The molecule has 0 unspecified atom stereocenters. The van der Waals surface area contributed by atoms with Crippen LogP contribution in [0.1, 0.15) is 20.7 Å². The summed E-state index contributed by atoms with van der Waals surface area (Å²) in [6.45, 7) is 0. The quantitative estimate of drug-likeness (QED) is 0.459. The summed E-state index contributed by atoms with van der Waals surface area (Å²) in [6, 6.07) is 21.6. The van der Waals surface area contributed by atoms with Crippen molar-refractivity contribution in [2.45, 2.75) is 0 Å². The maximum absolute atomic E-state index is 12.6. The number of para-hydroxylation sites is 1. The zero-order valence-electron chi connectivity index (χ0n) is 15.5. The topological polar surface area (TPSA) is 88.4 Å². The van der Waals surface area contributed by atoms with Crippen LogP contribution in [-0.4, -0.2) is 11.8 Å². The fourth-order valence-electron chi connectivity index (χ4n) is 2.93. The standard InChI is InChI=1S/C23H15ClN2O4/c24-16-7-3-6-15(11-16)21(27)25-17-8-4-9-18(13-17)26-22(28)19-12-14-5-1-2-10-20(14)30-23(19)29/h1-13H,(H,25,27)(H,26,28). The van der Waals surface area contributed by atoms with E-state index in [0.717, 1.165) is 0 Å². The number of hydrogen-bond acceptors (Lipinski definition) is 4. The van der Waals surface area contributed by atoms with Crippen molar-refractivity contribution in [2.24, 2.45) is 0 Å². The molecule has 1 heterocycles. The second-order valence-electron chi connectivity index (χ2n) is 6.48. The van der Waals surface area contributed by atoms with Gasteiger partial charge in [0.1, 0.15) is 11.1 Å². The second-order valence-corrected chi connectivity index (χ2v) is 6.92. The zero-order valence-corrected chi connectivity index (χ0v) is 16.3. The summed E-state index contributed by atoms with van der Waals surface area (Å²) in [7, 11) is 0. The molecule has 0 spiro atoms. The smallest absolute Gasteiger partial charge is 0.349 e. The fourth-order valence-corrected chi connectivity index (χ4v) is 3.12. The van der Waals surface area contributed by atoms with Crippen molar-refractivity contribution in [3.05, 3.63) is 105 Å². The van der Waals surface area contributed by atoms with Gasteiger partial charge in [-0.15, -0.1) is 0 Å². The first-order valence-electron chi connectivity index (χ1n) is 9.01. The zero-order chi connectivity index (χ0) is 21.1. The van der Waals surface area contributed by atoms with E-state index in [4.69, 9.17) is 16.0 Å². The van der Waals surface area contributed by atoms with Crippen LogP contribution in [-0.2, 0) is 0 Å². The predicted octanol–water partition coefficient (Wildman–Crippen LogP) is 4.95. The van der Waals surface area contributed by atoms with Crippen molar-refractivity contribution in [1.82, 2.24) is 0 Å². The molecular weight excluding hydrogens is 404 g/mol. The van der Waals surface area contributed by atoms with Crippen molar-refractivity contribution in [3.8, 4) is 0 Å². The summed E-state index contributed by atoms with van der Waals surface area (Å²) >= 11 is 5.92. The number of fused-ring (bicyclic) bond motifs is 1. The van der Waals surface area contributed by atoms with Gasteiger partial charge in [0.2, 0.25) is 0 Å². The van der Waals surface area contributed by atoms with Crippen LogP contribution in [0.25, 0.3) is 11.0 Å².